The number of nitrogens with one attached hydrogen (secondary N) is 1. The SMILES string of the molecule is CCCN(CC(C)C)C(=O)NC(CCC(=O)O)Cc1ccccc1. The van der Waals surface area contributed by atoms with Crippen LogP contribution in [0.15, 0.2) is 30.3 Å². The molecule has 5 heteroatoms. The third-order valence-electron chi connectivity index (χ3n) is 3.73. The number of hydrogen-bond acceptors (Lipinski definition) is 2. The highest BCUT2D eigenvalue weighted by Crippen LogP contribution is 2.09. The second-order valence-corrected chi connectivity index (χ2v) is 6.61. The lowest BCUT2D eigenvalue weighted by Gasteiger charge is -2.27. The van der Waals surface area contributed by atoms with Gasteiger partial charge in [0.25, 0.3) is 0 Å². The fourth-order valence-corrected chi connectivity index (χ4v) is 2.67. The third-order valence-corrected chi connectivity index (χ3v) is 3.73. The van der Waals surface area contributed by atoms with E-state index in [-0.39, 0.29) is 18.5 Å². The number of nitrogens with zero attached hydrogens (tertiary/aromatic N) is 1. The zero-order chi connectivity index (χ0) is 17.9. The molecule has 1 aromatic carbocycles. The monoisotopic (exact) mass is 334 g/mol. The van der Waals surface area contributed by atoms with E-state index in [0.717, 1.165) is 12.0 Å². The van der Waals surface area contributed by atoms with Gasteiger partial charge in [-0.1, -0.05) is 51.1 Å². The predicted octanol–water partition coefficient (Wildman–Crippen LogP) is 3.54. The quantitative estimate of drug-likeness (QED) is 0.687. The van der Waals surface area contributed by atoms with E-state index in [0.29, 0.717) is 31.8 Å². The smallest absolute Gasteiger partial charge is 0.317 e. The summed E-state index contributed by atoms with van der Waals surface area (Å²) in [4.78, 5) is 25.3. The van der Waals surface area contributed by atoms with Crippen molar-refractivity contribution in [1.82, 2.24) is 10.2 Å². The van der Waals surface area contributed by atoms with Crippen LogP contribution in [0.4, 0.5) is 4.79 Å². The summed E-state index contributed by atoms with van der Waals surface area (Å²) >= 11 is 0. The first-order valence-corrected chi connectivity index (χ1v) is 8.73. The molecule has 0 bridgehead atoms. The molecular formula is C19H30N2O3. The molecule has 0 aliphatic carbocycles. The van der Waals surface area contributed by atoms with E-state index in [1.165, 1.54) is 0 Å². The Bertz CT molecular complexity index is 503. The molecule has 5 nitrogen and oxygen atoms in total. The van der Waals surface area contributed by atoms with Gasteiger partial charge >= 0.3 is 12.0 Å². The van der Waals surface area contributed by atoms with Gasteiger partial charge in [-0.3, -0.25) is 4.79 Å². The summed E-state index contributed by atoms with van der Waals surface area (Å²) in [5.74, 6) is -0.441. The average Bonchev–Trinajstić information content (AvgIpc) is 2.52. The second kappa shape index (κ2) is 10.7. The molecule has 1 rings (SSSR count). The van der Waals surface area contributed by atoms with Gasteiger partial charge < -0.3 is 15.3 Å². The van der Waals surface area contributed by atoms with Crippen molar-refractivity contribution >= 4 is 12.0 Å². The van der Waals surface area contributed by atoms with Gasteiger partial charge in [-0.25, -0.2) is 4.79 Å². The standard InChI is InChI=1S/C19H30N2O3/c1-4-12-21(14-15(2)3)19(24)20-17(10-11-18(22)23)13-16-8-6-5-7-9-16/h5-9,15,17H,4,10-14H2,1-3H3,(H,20,24)(H,22,23). The third kappa shape index (κ3) is 7.99. The maximum Gasteiger partial charge on any atom is 0.317 e. The highest BCUT2D eigenvalue weighted by Gasteiger charge is 2.19. The van der Waals surface area contributed by atoms with Crippen LogP contribution in [0.2, 0.25) is 0 Å². The van der Waals surface area contributed by atoms with Crippen LogP contribution in [0.25, 0.3) is 0 Å². The first-order chi connectivity index (χ1) is 11.4. The fourth-order valence-electron chi connectivity index (χ4n) is 2.67. The Balaban J connectivity index is 2.73. The fraction of sp³-hybridized carbons (Fsp3) is 0.579. The molecule has 2 N–H and O–H groups in total. The second-order valence-electron chi connectivity index (χ2n) is 6.61. The Kier molecular flexibility index (Phi) is 8.90. The minimum Gasteiger partial charge on any atom is -0.481 e. The van der Waals surface area contributed by atoms with Crippen molar-refractivity contribution in [3.63, 3.8) is 0 Å². The van der Waals surface area contributed by atoms with Gasteiger partial charge in [0.15, 0.2) is 0 Å². The van der Waals surface area contributed by atoms with Crippen LogP contribution in [0.5, 0.6) is 0 Å². The summed E-state index contributed by atoms with van der Waals surface area (Å²) in [5, 5.41) is 12.0. The summed E-state index contributed by atoms with van der Waals surface area (Å²) in [5.41, 5.74) is 1.10. The van der Waals surface area contributed by atoms with Crippen LogP contribution >= 0.6 is 0 Å². The number of carboxylic acids is 1. The van der Waals surface area contributed by atoms with E-state index < -0.39 is 5.97 Å². The highest BCUT2D eigenvalue weighted by atomic mass is 16.4. The lowest BCUT2D eigenvalue weighted by molar-refractivity contribution is -0.137. The van der Waals surface area contributed by atoms with E-state index in [4.69, 9.17) is 5.11 Å². The first-order valence-electron chi connectivity index (χ1n) is 8.73. The summed E-state index contributed by atoms with van der Waals surface area (Å²) in [7, 11) is 0. The molecule has 1 aromatic rings. The lowest BCUT2D eigenvalue weighted by atomic mass is 10.0. The van der Waals surface area contributed by atoms with Crippen LogP contribution in [-0.2, 0) is 11.2 Å². The van der Waals surface area contributed by atoms with E-state index in [9.17, 15) is 9.59 Å². The summed E-state index contributed by atoms with van der Waals surface area (Å²) in [6.07, 6.45) is 2.02. The normalized spacial score (nSPS) is 12.0. The number of carbonyl (C=O) groups excluding carboxylic acids is 1. The van der Waals surface area contributed by atoms with Gasteiger partial charge in [0.1, 0.15) is 0 Å². The van der Waals surface area contributed by atoms with Crippen molar-refractivity contribution in [2.24, 2.45) is 5.92 Å². The Labute approximate surface area is 145 Å². The van der Waals surface area contributed by atoms with Crippen LogP contribution in [0.1, 0.15) is 45.6 Å². The topological polar surface area (TPSA) is 69.6 Å². The van der Waals surface area contributed by atoms with Crippen LogP contribution in [-0.4, -0.2) is 41.1 Å². The van der Waals surface area contributed by atoms with Gasteiger partial charge in [-0.15, -0.1) is 0 Å². The lowest BCUT2D eigenvalue weighted by Crippen LogP contribution is -2.47. The van der Waals surface area contributed by atoms with Crippen molar-refractivity contribution in [3.8, 4) is 0 Å². The molecule has 0 spiro atoms. The van der Waals surface area contributed by atoms with E-state index >= 15 is 0 Å². The first kappa shape index (κ1) is 20.0. The Morgan fingerprint density at radius 3 is 2.42 bits per heavy atom. The van der Waals surface area contributed by atoms with Crippen molar-refractivity contribution in [2.75, 3.05) is 13.1 Å². The van der Waals surface area contributed by atoms with Gasteiger partial charge in [-0.2, -0.15) is 0 Å². The number of amides is 2. The molecular weight excluding hydrogens is 304 g/mol. The minimum absolute atomic E-state index is 0.0513. The Morgan fingerprint density at radius 1 is 1.21 bits per heavy atom. The zero-order valence-electron chi connectivity index (χ0n) is 15.0. The number of hydrogen-bond donors (Lipinski definition) is 2. The molecule has 1 atom stereocenters. The number of carbonyl (C=O) groups is 2. The van der Waals surface area contributed by atoms with Crippen molar-refractivity contribution < 1.29 is 14.7 Å². The molecule has 0 radical (unpaired) electrons. The van der Waals surface area contributed by atoms with Crippen molar-refractivity contribution in [3.05, 3.63) is 35.9 Å². The molecule has 2 amide bonds. The molecule has 0 aliphatic rings. The summed E-state index contributed by atoms with van der Waals surface area (Å²) in [6.45, 7) is 7.63. The molecule has 0 aliphatic heterocycles. The molecule has 0 aromatic heterocycles. The van der Waals surface area contributed by atoms with Gasteiger partial charge in [-0.05, 0) is 30.7 Å². The number of benzene rings is 1. The average molecular weight is 334 g/mol. The maximum absolute atomic E-state index is 12.6. The molecule has 0 fully saturated rings. The van der Waals surface area contributed by atoms with Crippen LogP contribution < -0.4 is 5.32 Å². The van der Waals surface area contributed by atoms with Crippen LogP contribution in [0.3, 0.4) is 0 Å². The highest BCUT2D eigenvalue weighted by molar-refractivity contribution is 5.74. The molecule has 0 heterocycles. The molecule has 0 saturated heterocycles. The summed E-state index contributed by atoms with van der Waals surface area (Å²) in [6, 6.07) is 9.57. The van der Waals surface area contributed by atoms with Crippen molar-refractivity contribution in [2.45, 2.75) is 52.5 Å². The van der Waals surface area contributed by atoms with Crippen LogP contribution in [0, 0.1) is 5.92 Å². The van der Waals surface area contributed by atoms with Gasteiger partial charge in [0.2, 0.25) is 0 Å². The predicted molar refractivity (Wildman–Crippen MR) is 96.0 cm³/mol. The Morgan fingerprint density at radius 2 is 1.88 bits per heavy atom. The van der Waals surface area contributed by atoms with E-state index in [1.807, 2.05) is 42.2 Å². The zero-order valence-corrected chi connectivity index (χ0v) is 15.0. The largest absolute Gasteiger partial charge is 0.481 e. The number of aliphatic carboxylic acids is 1. The molecule has 24 heavy (non-hydrogen) atoms. The number of rotatable bonds is 10. The summed E-state index contributed by atoms with van der Waals surface area (Å²) < 4.78 is 0. The maximum atomic E-state index is 12.6. The minimum atomic E-state index is -0.838. The Hall–Kier alpha value is -2.04. The molecule has 0 saturated carbocycles. The number of urea groups is 1. The van der Waals surface area contributed by atoms with E-state index in [1.54, 1.807) is 0 Å². The molecule has 134 valence electrons. The number of carboxylic acid groups (broad SMARTS) is 1. The van der Waals surface area contributed by atoms with E-state index in [2.05, 4.69) is 19.2 Å². The van der Waals surface area contributed by atoms with Gasteiger partial charge in [0, 0.05) is 25.6 Å². The van der Waals surface area contributed by atoms with Gasteiger partial charge in [0.05, 0.1) is 0 Å². The van der Waals surface area contributed by atoms with Crippen molar-refractivity contribution in [1.29, 1.82) is 0 Å². The molecule has 1 unspecified atom stereocenters.